The molecule has 0 spiro atoms. The van der Waals surface area contributed by atoms with Gasteiger partial charge in [-0.1, -0.05) is 12.1 Å². The number of fused-ring (bicyclic) bond motifs is 1. The van der Waals surface area contributed by atoms with Gasteiger partial charge in [0.2, 0.25) is 0 Å². The number of benzene rings is 1. The Bertz CT molecular complexity index is 863. The van der Waals surface area contributed by atoms with Crippen LogP contribution >= 0.6 is 11.3 Å². The maximum Gasteiger partial charge on any atom is 0.287 e. The van der Waals surface area contributed by atoms with Gasteiger partial charge >= 0.3 is 0 Å². The third-order valence-corrected chi connectivity index (χ3v) is 5.69. The lowest BCUT2D eigenvalue weighted by atomic mass is 9.96. The normalized spacial score (nSPS) is 16.9. The largest absolute Gasteiger partial charge is 0.448 e. The number of thiazole rings is 1. The second-order valence-corrected chi connectivity index (χ2v) is 7.53. The zero-order valence-electron chi connectivity index (χ0n) is 13.4. The molecule has 24 heavy (non-hydrogen) atoms. The molecule has 1 fully saturated rings. The average Bonchev–Trinajstić information content (AvgIpc) is 3.18. The lowest BCUT2D eigenvalue weighted by molar-refractivity contribution is 0.0870. The number of aromatic nitrogens is 1. The standard InChI is InChI=1S/C18H19N3O2S/c1-18(10-19,11-6-7-11)21-16(22)13-8-9-14(23-13)17-20-12-4-2-3-5-15(12)24-17/h2-5,8-9,11H,6-7,10,19H2,1H3,(H,21,22). The van der Waals surface area contributed by atoms with E-state index in [0.717, 1.165) is 28.1 Å². The van der Waals surface area contributed by atoms with Crippen LogP contribution in [0.25, 0.3) is 21.0 Å². The highest BCUT2D eigenvalue weighted by Crippen LogP contribution is 2.39. The summed E-state index contributed by atoms with van der Waals surface area (Å²) >= 11 is 1.55. The molecular formula is C18H19N3O2S. The number of furan rings is 1. The fourth-order valence-electron chi connectivity index (χ4n) is 2.91. The van der Waals surface area contributed by atoms with Crippen LogP contribution in [-0.4, -0.2) is 23.0 Å². The van der Waals surface area contributed by atoms with Crippen molar-refractivity contribution in [3.05, 3.63) is 42.2 Å². The van der Waals surface area contributed by atoms with Gasteiger partial charge in [-0.25, -0.2) is 4.98 Å². The Labute approximate surface area is 143 Å². The molecule has 0 aliphatic heterocycles. The third kappa shape index (κ3) is 2.72. The van der Waals surface area contributed by atoms with E-state index in [-0.39, 0.29) is 11.4 Å². The first-order valence-corrected chi connectivity index (χ1v) is 8.89. The van der Waals surface area contributed by atoms with Gasteiger partial charge in [0.1, 0.15) is 0 Å². The fraction of sp³-hybridized carbons (Fsp3) is 0.333. The van der Waals surface area contributed by atoms with Crippen LogP contribution in [0.5, 0.6) is 0 Å². The number of carbonyl (C=O) groups is 1. The molecule has 1 aliphatic carbocycles. The molecule has 6 heteroatoms. The molecule has 4 rings (SSSR count). The van der Waals surface area contributed by atoms with E-state index in [2.05, 4.69) is 10.3 Å². The summed E-state index contributed by atoms with van der Waals surface area (Å²) in [6, 6.07) is 11.4. The van der Waals surface area contributed by atoms with Crippen LogP contribution in [0.4, 0.5) is 0 Å². The number of hydrogen-bond donors (Lipinski definition) is 2. The monoisotopic (exact) mass is 341 g/mol. The summed E-state index contributed by atoms with van der Waals surface area (Å²) in [6.07, 6.45) is 2.23. The summed E-state index contributed by atoms with van der Waals surface area (Å²) in [6.45, 7) is 2.43. The molecule has 3 aromatic rings. The second kappa shape index (κ2) is 5.72. The highest BCUT2D eigenvalue weighted by molar-refractivity contribution is 7.21. The van der Waals surface area contributed by atoms with Gasteiger partial charge in [0.25, 0.3) is 5.91 Å². The van der Waals surface area contributed by atoms with E-state index in [1.54, 1.807) is 23.5 Å². The number of nitrogens with two attached hydrogens (primary N) is 1. The Morgan fingerprint density at radius 2 is 2.17 bits per heavy atom. The van der Waals surface area contributed by atoms with Crippen molar-refractivity contribution in [2.45, 2.75) is 25.3 Å². The Morgan fingerprint density at radius 1 is 1.38 bits per heavy atom. The van der Waals surface area contributed by atoms with E-state index in [0.29, 0.717) is 24.0 Å². The lowest BCUT2D eigenvalue weighted by Gasteiger charge is -2.28. The molecule has 0 radical (unpaired) electrons. The Hall–Kier alpha value is -2.18. The summed E-state index contributed by atoms with van der Waals surface area (Å²) < 4.78 is 6.84. The predicted octanol–water partition coefficient (Wildman–Crippen LogP) is 3.41. The van der Waals surface area contributed by atoms with E-state index in [4.69, 9.17) is 10.2 Å². The van der Waals surface area contributed by atoms with Crippen molar-refractivity contribution in [3.8, 4) is 10.8 Å². The van der Waals surface area contributed by atoms with Crippen LogP contribution < -0.4 is 11.1 Å². The molecule has 3 N–H and O–H groups in total. The molecule has 1 aliphatic rings. The van der Waals surface area contributed by atoms with Gasteiger partial charge in [-0.05, 0) is 49.9 Å². The van der Waals surface area contributed by atoms with Crippen molar-refractivity contribution < 1.29 is 9.21 Å². The van der Waals surface area contributed by atoms with Crippen molar-refractivity contribution in [3.63, 3.8) is 0 Å². The fourth-order valence-corrected chi connectivity index (χ4v) is 3.84. The second-order valence-electron chi connectivity index (χ2n) is 6.50. The maximum atomic E-state index is 12.5. The number of hydrogen-bond acceptors (Lipinski definition) is 5. The van der Waals surface area contributed by atoms with Gasteiger partial charge in [0, 0.05) is 6.54 Å². The molecule has 2 heterocycles. The highest BCUT2D eigenvalue weighted by atomic mass is 32.1. The summed E-state index contributed by atoms with van der Waals surface area (Å²) in [5.41, 5.74) is 6.43. The van der Waals surface area contributed by atoms with Gasteiger partial charge in [-0.3, -0.25) is 4.79 Å². The first-order valence-electron chi connectivity index (χ1n) is 8.07. The third-order valence-electron chi connectivity index (χ3n) is 4.64. The number of amides is 1. The van der Waals surface area contributed by atoms with Crippen LogP contribution in [-0.2, 0) is 0 Å². The summed E-state index contributed by atoms with van der Waals surface area (Å²) in [4.78, 5) is 17.0. The van der Waals surface area contributed by atoms with Crippen LogP contribution in [0.3, 0.4) is 0 Å². The van der Waals surface area contributed by atoms with E-state index in [9.17, 15) is 4.79 Å². The van der Waals surface area contributed by atoms with E-state index in [1.165, 1.54) is 0 Å². The van der Waals surface area contributed by atoms with Crippen molar-refractivity contribution in [2.24, 2.45) is 11.7 Å². The zero-order valence-corrected chi connectivity index (χ0v) is 14.2. The predicted molar refractivity (Wildman–Crippen MR) is 95.0 cm³/mol. The van der Waals surface area contributed by atoms with Gasteiger partial charge in [-0.2, -0.15) is 0 Å². The van der Waals surface area contributed by atoms with Crippen molar-refractivity contribution in [2.75, 3.05) is 6.54 Å². The summed E-state index contributed by atoms with van der Waals surface area (Å²) in [7, 11) is 0. The van der Waals surface area contributed by atoms with E-state index >= 15 is 0 Å². The SMILES string of the molecule is CC(CN)(NC(=O)c1ccc(-c2nc3ccccc3s2)o1)C1CC1. The topological polar surface area (TPSA) is 81.1 Å². The average molecular weight is 341 g/mol. The Balaban J connectivity index is 1.56. The number of nitrogens with one attached hydrogen (secondary N) is 1. The quantitative estimate of drug-likeness (QED) is 0.745. The van der Waals surface area contributed by atoms with Crippen LogP contribution in [0.2, 0.25) is 0 Å². The molecule has 2 aromatic heterocycles. The van der Waals surface area contributed by atoms with E-state index in [1.807, 2.05) is 31.2 Å². The molecule has 0 bridgehead atoms. The van der Waals surface area contributed by atoms with Crippen LogP contribution in [0.15, 0.2) is 40.8 Å². The number of rotatable bonds is 5. The van der Waals surface area contributed by atoms with Crippen LogP contribution in [0, 0.1) is 5.92 Å². The minimum Gasteiger partial charge on any atom is -0.448 e. The first kappa shape index (κ1) is 15.4. The highest BCUT2D eigenvalue weighted by Gasteiger charge is 2.42. The molecule has 0 saturated heterocycles. The molecule has 124 valence electrons. The molecule has 5 nitrogen and oxygen atoms in total. The maximum absolute atomic E-state index is 12.5. The Morgan fingerprint density at radius 3 is 2.88 bits per heavy atom. The summed E-state index contributed by atoms with van der Waals surface area (Å²) in [5, 5.41) is 3.81. The summed E-state index contributed by atoms with van der Waals surface area (Å²) in [5.74, 6) is 1.15. The minimum absolute atomic E-state index is 0.220. The van der Waals surface area contributed by atoms with Gasteiger partial charge in [-0.15, -0.1) is 11.3 Å². The lowest BCUT2D eigenvalue weighted by Crippen LogP contribution is -2.53. The minimum atomic E-state index is -0.361. The van der Waals surface area contributed by atoms with Crippen molar-refractivity contribution >= 4 is 27.5 Å². The van der Waals surface area contributed by atoms with Gasteiger partial charge in [0.15, 0.2) is 16.5 Å². The number of nitrogens with zero attached hydrogens (tertiary/aromatic N) is 1. The van der Waals surface area contributed by atoms with Crippen molar-refractivity contribution in [1.29, 1.82) is 0 Å². The number of para-hydroxylation sites is 1. The smallest absolute Gasteiger partial charge is 0.287 e. The molecular weight excluding hydrogens is 322 g/mol. The van der Waals surface area contributed by atoms with Gasteiger partial charge < -0.3 is 15.5 Å². The molecule has 1 atom stereocenters. The van der Waals surface area contributed by atoms with Gasteiger partial charge in [0.05, 0.1) is 15.8 Å². The van der Waals surface area contributed by atoms with Crippen LogP contribution in [0.1, 0.15) is 30.3 Å². The first-order chi connectivity index (χ1) is 11.6. The number of carbonyl (C=O) groups excluding carboxylic acids is 1. The van der Waals surface area contributed by atoms with E-state index < -0.39 is 0 Å². The molecule has 1 aromatic carbocycles. The molecule has 1 amide bonds. The zero-order chi connectivity index (χ0) is 16.7. The molecule has 1 saturated carbocycles. The Kier molecular flexibility index (Phi) is 3.66. The van der Waals surface area contributed by atoms with Crippen molar-refractivity contribution in [1.82, 2.24) is 10.3 Å². The molecule has 1 unspecified atom stereocenters.